The molecule has 0 aliphatic carbocycles. The van der Waals surface area contributed by atoms with Crippen LogP contribution in [-0.4, -0.2) is 42.5 Å². The van der Waals surface area contributed by atoms with Crippen molar-refractivity contribution in [1.82, 2.24) is 9.24 Å². The Balaban J connectivity index is 1.46. The summed E-state index contributed by atoms with van der Waals surface area (Å²) >= 11 is 0. The second-order valence-corrected chi connectivity index (χ2v) is 7.89. The van der Waals surface area contributed by atoms with Gasteiger partial charge in [0.15, 0.2) is 0 Å². The molecule has 0 unspecified atom stereocenters. The summed E-state index contributed by atoms with van der Waals surface area (Å²) in [6.45, 7) is 2.38. The summed E-state index contributed by atoms with van der Waals surface area (Å²) in [7, 11) is 3.30. The zero-order valence-corrected chi connectivity index (χ0v) is 16.9. The molecule has 3 aliphatic rings. The third kappa shape index (κ3) is 2.57. The van der Waals surface area contributed by atoms with Crippen LogP contribution >= 0.6 is 0 Å². The topological polar surface area (TPSA) is 92.7 Å². The number of piperazine rings is 1. The molecule has 9 heteroatoms. The van der Waals surface area contributed by atoms with Crippen LogP contribution < -0.4 is 25.9 Å². The number of hydrogen-bond acceptors (Lipinski definition) is 7. The maximum absolute atomic E-state index is 13.3. The number of ether oxygens (including phenoxy) is 2. The van der Waals surface area contributed by atoms with Gasteiger partial charge in [-0.05, 0) is 18.6 Å². The number of para-hydroxylation sites is 2. The van der Waals surface area contributed by atoms with Crippen molar-refractivity contribution in [3.05, 3.63) is 56.4 Å². The van der Waals surface area contributed by atoms with E-state index in [4.69, 9.17) is 9.47 Å². The van der Waals surface area contributed by atoms with Crippen molar-refractivity contribution in [1.29, 1.82) is 5.26 Å². The Kier molecular flexibility index (Phi) is 4.33. The highest BCUT2D eigenvalue weighted by Crippen LogP contribution is 2.51. The first-order chi connectivity index (χ1) is 14.5. The van der Waals surface area contributed by atoms with Crippen molar-refractivity contribution < 1.29 is 9.47 Å². The summed E-state index contributed by atoms with van der Waals surface area (Å²) in [6, 6.07) is 10.1. The van der Waals surface area contributed by atoms with E-state index in [2.05, 4.69) is 11.0 Å². The lowest BCUT2D eigenvalue weighted by Gasteiger charge is -2.38. The Labute approximate surface area is 173 Å². The number of fused-ring (bicyclic) bond motifs is 5. The van der Waals surface area contributed by atoms with Crippen LogP contribution in [0.2, 0.25) is 0 Å². The number of anilines is 1. The van der Waals surface area contributed by atoms with E-state index in [0.717, 1.165) is 11.4 Å². The van der Waals surface area contributed by atoms with E-state index in [1.807, 2.05) is 29.3 Å². The fourth-order valence-corrected chi connectivity index (χ4v) is 4.90. The Bertz CT molecular complexity index is 1160. The third-order valence-corrected chi connectivity index (χ3v) is 6.39. The molecule has 1 aromatic carbocycles. The maximum atomic E-state index is 13.3. The second kappa shape index (κ2) is 6.92. The predicted octanol–water partition coefficient (Wildman–Crippen LogP) is 0.670. The van der Waals surface area contributed by atoms with Crippen molar-refractivity contribution in [2.75, 3.05) is 43.2 Å². The molecule has 3 atom stereocenters. The van der Waals surface area contributed by atoms with Crippen molar-refractivity contribution in [2.24, 2.45) is 13.0 Å². The number of hydrogen-bond donors (Lipinski definition) is 0. The van der Waals surface area contributed by atoms with E-state index in [-0.39, 0.29) is 11.5 Å². The SMILES string of the molecule is COc1ccccc1N1CCN(n2c(=O)c3c(n(C)c2=O)[C@H]2O[C@@H]3C[C@@H]2C#N)CC1. The molecule has 156 valence electrons. The van der Waals surface area contributed by atoms with Crippen molar-refractivity contribution in [3.63, 3.8) is 0 Å². The van der Waals surface area contributed by atoms with Gasteiger partial charge in [-0.1, -0.05) is 12.1 Å². The average molecular weight is 409 g/mol. The van der Waals surface area contributed by atoms with Crippen molar-refractivity contribution in [2.45, 2.75) is 18.6 Å². The third-order valence-electron chi connectivity index (χ3n) is 6.39. The van der Waals surface area contributed by atoms with Crippen LogP contribution in [0, 0.1) is 17.2 Å². The van der Waals surface area contributed by atoms with Gasteiger partial charge in [-0.3, -0.25) is 9.36 Å². The van der Waals surface area contributed by atoms with Crippen molar-refractivity contribution in [3.8, 4) is 11.8 Å². The molecule has 5 rings (SSSR count). The van der Waals surface area contributed by atoms with E-state index in [9.17, 15) is 14.9 Å². The molecule has 3 aliphatic heterocycles. The van der Waals surface area contributed by atoms with Crippen LogP contribution in [0.15, 0.2) is 33.9 Å². The van der Waals surface area contributed by atoms with E-state index in [1.54, 1.807) is 14.2 Å². The molecule has 2 saturated heterocycles. The van der Waals surface area contributed by atoms with Crippen molar-refractivity contribution >= 4 is 5.69 Å². The number of nitrogens with zero attached hydrogens (tertiary/aromatic N) is 5. The summed E-state index contributed by atoms with van der Waals surface area (Å²) in [5.41, 5.74) is 1.39. The van der Waals surface area contributed by atoms with Crippen LogP contribution in [0.3, 0.4) is 0 Å². The highest BCUT2D eigenvalue weighted by molar-refractivity contribution is 5.59. The Morgan fingerprint density at radius 3 is 2.60 bits per heavy atom. The minimum Gasteiger partial charge on any atom is -0.495 e. The smallest absolute Gasteiger partial charge is 0.350 e. The number of nitriles is 1. The van der Waals surface area contributed by atoms with Gasteiger partial charge in [-0.25, -0.2) is 4.79 Å². The van der Waals surface area contributed by atoms with Gasteiger partial charge in [0.2, 0.25) is 0 Å². The maximum Gasteiger partial charge on any atom is 0.350 e. The Morgan fingerprint density at radius 1 is 1.17 bits per heavy atom. The van der Waals surface area contributed by atoms with E-state index in [0.29, 0.717) is 43.9 Å². The molecule has 2 fully saturated rings. The summed E-state index contributed by atoms with van der Waals surface area (Å²) in [5.74, 6) is 0.490. The van der Waals surface area contributed by atoms with Crippen LogP contribution in [0.25, 0.3) is 0 Å². The molecule has 2 bridgehead atoms. The summed E-state index contributed by atoms with van der Waals surface area (Å²) in [6.07, 6.45) is -0.393. The van der Waals surface area contributed by atoms with Gasteiger partial charge >= 0.3 is 5.69 Å². The average Bonchev–Trinajstić information content (AvgIpc) is 3.37. The monoisotopic (exact) mass is 409 g/mol. The fourth-order valence-electron chi connectivity index (χ4n) is 4.90. The molecule has 0 N–H and O–H groups in total. The molecule has 9 nitrogen and oxygen atoms in total. The molecule has 0 radical (unpaired) electrons. The zero-order chi connectivity index (χ0) is 21.0. The summed E-state index contributed by atoms with van der Waals surface area (Å²) in [5, 5.41) is 11.1. The fraction of sp³-hybridized carbons (Fsp3) is 0.476. The standard InChI is InChI=1S/C21H23N5O4/c1-23-18-17(16-11-13(12-22)19(18)30-16)20(27)26(21(23)28)25-9-7-24(8-10-25)14-5-3-4-6-15(14)29-2/h3-6,13,16,19H,7-11H2,1-2H3/t13-,16-,19+/m1/s1. The highest BCUT2D eigenvalue weighted by atomic mass is 16.5. The Hall–Kier alpha value is -3.25. The number of methoxy groups -OCH3 is 1. The molecule has 4 heterocycles. The van der Waals surface area contributed by atoms with Gasteiger partial charge in [-0.15, -0.1) is 0 Å². The summed E-state index contributed by atoms with van der Waals surface area (Å²) < 4.78 is 14.1. The number of benzene rings is 1. The van der Waals surface area contributed by atoms with E-state index < -0.39 is 17.9 Å². The van der Waals surface area contributed by atoms with Gasteiger partial charge in [0.05, 0.1) is 55.2 Å². The molecule has 2 aromatic rings. The molecular weight excluding hydrogens is 386 g/mol. The first-order valence-electron chi connectivity index (χ1n) is 10.1. The lowest BCUT2D eigenvalue weighted by molar-refractivity contribution is 0.0625. The van der Waals surface area contributed by atoms with E-state index in [1.165, 1.54) is 9.24 Å². The van der Waals surface area contributed by atoms with Crippen LogP contribution in [-0.2, 0) is 11.8 Å². The molecule has 1 aromatic heterocycles. The quantitative estimate of drug-likeness (QED) is 0.736. The van der Waals surface area contributed by atoms with Gasteiger partial charge in [0, 0.05) is 20.1 Å². The highest BCUT2D eigenvalue weighted by Gasteiger charge is 2.49. The largest absolute Gasteiger partial charge is 0.495 e. The minimum absolute atomic E-state index is 0.312. The molecule has 0 amide bonds. The molecule has 30 heavy (non-hydrogen) atoms. The van der Waals surface area contributed by atoms with Gasteiger partial charge < -0.3 is 19.4 Å². The van der Waals surface area contributed by atoms with Gasteiger partial charge in [0.1, 0.15) is 11.9 Å². The lowest BCUT2D eigenvalue weighted by Crippen LogP contribution is -2.60. The number of aromatic nitrogens is 2. The molecular formula is C21H23N5O4. The predicted molar refractivity (Wildman–Crippen MR) is 109 cm³/mol. The first-order valence-corrected chi connectivity index (χ1v) is 10.1. The van der Waals surface area contributed by atoms with Crippen LogP contribution in [0.4, 0.5) is 5.69 Å². The van der Waals surface area contributed by atoms with Crippen LogP contribution in [0.1, 0.15) is 29.9 Å². The number of rotatable bonds is 3. The zero-order valence-electron chi connectivity index (χ0n) is 16.9. The second-order valence-electron chi connectivity index (χ2n) is 7.89. The van der Waals surface area contributed by atoms with Crippen LogP contribution in [0.5, 0.6) is 5.75 Å². The van der Waals surface area contributed by atoms with Gasteiger partial charge in [0.25, 0.3) is 5.56 Å². The molecule has 0 spiro atoms. The van der Waals surface area contributed by atoms with Gasteiger partial charge in [-0.2, -0.15) is 9.94 Å². The normalized spacial score (nSPS) is 24.6. The first kappa shape index (κ1) is 18.8. The molecule has 0 saturated carbocycles. The lowest BCUT2D eigenvalue weighted by atomic mass is 9.88. The van der Waals surface area contributed by atoms with E-state index >= 15 is 0 Å². The Morgan fingerprint density at radius 2 is 1.90 bits per heavy atom. The minimum atomic E-state index is -0.488. The summed E-state index contributed by atoms with van der Waals surface area (Å²) in [4.78, 5) is 28.6.